The summed E-state index contributed by atoms with van der Waals surface area (Å²) in [5.74, 6) is -0.106. The number of carbonyl (C=O) groups is 1. The number of rotatable bonds is 6. The third-order valence-corrected chi connectivity index (χ3v) is 2.55. The number of aryl methyl sites for hydroxylation is 1. The Labute approximate surface area is 108 Å². The predicted molar refractivity (Wildman–Crippen MR) is 74.1 cm³/mol. The van der Waals surface area contributed by atoms with Crippen molar-refractivity contribution in [2.75, 3.05) is 26.0 Å². The zero-order chi connectivity index (χ0) is 13.4. The fraction of sp³-hybridized carbons (Fsp3) is 0.357. The van der Waals surface area contributed by atoms with Crippen molar-refractivity contribution in [2.45, 2.75) is 13.3 Å². The Kier molecular flexibility index (Phi) is 5.94. The molecule has 0 aliphatic rings. The average molecular weight is 248 g/mol. The third-order valence-electron chi connectivity index (χ3n) is 2.55. The van der Waals surface area contributed by atoms with Crippen molar-refractivity contribution in [3.05, 3.63) is 35.4 Å². The number of nitrogen functional groups attached to an aromatic ring is 1. The van der Waals surface area contributed by atoms with Gasteiger partial charge in [-0.2, -0.15) is 0 Å². The van der Waals surface area contributed by atoms with Gasteiger partial charge in [-0.1, -0.05) is 12.1 Å². The van der Waals surface area contributed by atoms with E-state index in [0.29, 0.717) is 13.2 Å². The van der Waals surface area contributed by atoms with Crippen LogP contribution >= 0.6 is 0 Å². The molecule has 1 rings (SSSR count). The molecule has 0 spiro atoms. The van der Waals surface area contributed by atoms with Crippen LogP contribution in [0.5, 0.6) is 0 Å². The van der Waals surface area contributed by atoms with Crippen molar-refractivity contribution in [2.24, 2.45) is 0 Å². The second kappa shape index (κ2) is 7.50. The summed E-state index contributed by atoms with van der Waals surface area (Å²) in [6.45, 7) is 3.22. The Morgan fingerprint density at radius 3 is 2.94 bits per heavy atom. The minimum Gasteiger partial charge on any atom is -0.398 e. The number of nitrogens with two attached hydrogens (primary N) is 1. The second-order valence-corrected chi connectivity index (χ2v) is 4.09. The standard InChI is InChI=1S/C14H20N2O2/c1-11-4-5-12(10-13(11)15)6-7-14(17)16-8-3-9-18-2/h4-7,10H,3,8-9,15H2,1-2H3,(H,16,17)/b7-6+. The van der Waals surface area contributed by atoms with Crippen LogP contribution < -0.4 is 11.1 Å². The first-order chi connectivity index (χ1) is 8.63. The quantitative estimate of drug-likeness (QED) is 0.458. The van der Waals surface area contributed by atoms with Crippen LogP contribution in [-0.4, -0.2) is 26.2 Å². The van der Waals surface area contributed by atoms with E-state index in [1.54, 1.807) is 13.2 Å². The maximum atomic E-state index is 11.5. The average Bonchev–Trinajstić information content (AvgIpc) is 2.36. The number of ether oxygens (including phenoxy) is 1. The van der Waals surface area contributed by atoms with Crippen LogP contribution in [0.2, 0.25) is 0 Å². The number of hydrogen-bond donors (Lipinski definition) is 2. The lowest BCUT2D eigenvalue weighted by atomic mass is 10.1. The molecule has 0 aliphatic heterocycles. The molecule has 4 nitrogen and oxygen atoms in total. The molecule has 0 saturated carbocycles. The summed E-state index contributed by atoms with van der Waals surface area (Å²) in [5, 5.41) is 2.78. The van der Waals surface area contributed by atoms with Gasteiger partial charge in [0.1, 0.15) is 0 Å². The van der Waals surface area contributed by atoms with E-state index in [2.05, 4.69) is 5.32 Å². The normalized spacial score (nSPS) is 10.8. The van der Waals surface area contributed by atoms with Gasteiger partial charge in [-0.25, -0.2) is 0 Å². The fourth-order valence-corrected chi connectivity index (χ4v) is 1.42. The van der Waals surface area contributed by atoms with E-state index in [-0.39, 0.29) is 5.91 Å². The van der Waals surface area contributed by atoms with Crippen molar-refractivity contribution >= 4 is 17.7 Å². The minimum absolute atomic E-state index is 0.106. The van der Waals surface area contributed by atoms with Gasteiger partial charge in [0.15, 0.2) is 0 Å². The number of hydrogen-bond acceptors (Lipinski definition) is 3. The van der Waals surface area contributed by atoms with Crippen LogP contribution in [0.25, 0.3) is 6.08 Å². The van der Waals surface area contributed by atoms with Crippen LogP contribution in [0, 0.1) is 6.92 Å². The van der Waals surface area contributed by atoms with E-state index in [4.69, 9.17) is 10.5 Å². The summed E-state index contributed by atoms with van der Waals surface area (Å²) in [4.78, 5) is 11.5. The molecule has 1 aromatic rings. The van der Waals surface area contributed by atoms with Crippen molar-refractivity contribution in [3.63, 3.8) is 0 Å². The summed E-state index contributed by atoms with van der Waals surface area (Å²) in [5.41, 5.74) is 8.49. The first kappa shape index (κ1) is 14.3. The fourth-order valence-electron chi connectivity index (χ4n) is 1.42. The molecule has 0 radical (unpaired) electrons. The first-order valence-corrected chi connectivity index (χ1v) is 5.94. The molecular formula is C14H20N2O2. The summed E-state index contributed by atoms with van der Waals surface area (Å²) < 4.78 is 4.89. The lowest BCUT2D eigenvalue weighted by Crippen LogP contribution is -2.22. The Morgan fingerprint density at radius 2 is 2.28 bits per heavy atom. The maximum absolute atomic E-state index is 11.5. The summed E-state index contributed by atoms with van der Waals surface area (Å²) >= 11 is 0. The van der Waals surface area contributed by atoms with E-state index >= 15 is 0 Å². The number of amides is 1. The highest BCUT2D eigenvalue weighted by atomic mass is 16.5. The molecule has 0 aliphatic carbocycles. The van der Waals surface area contributed by atoms with Gasteiger partial charge in [-0.15, -0.1) is 0 Å². The van der Waals surface area contributed by atoms with E-state index in [1.165, 1.54) is 6.08 Å². The molecule has 98 valence electrons. The van der Waals surface area contributed by atoms with E-state index in [0.717, 1.165) is 23.2 Å². The Balaban J connectivity index is 2.43. The molecule has 3 N–H and O–H groups in total. The largest absolute Gasteiger partial charge is 0.398 e. The smallest absolute Gasteiger partial charge is 0.244 e. The highest BCUT2D eigenvalue weighted by Gasteiger charge is 1.96. The van der Waals surface area contributed by atoms with Crippen molar-refractivity contribution in [3.8, 4) is 0 Å². The van der Waals surface area contributed by atoms with Gasteiger partial charge >= 0.3 is 0 Å². The molecule has 18 heavy (non-hydrogen) atoms. The van der Waals surface area contributed by atoms with Gasteiger partial charge in [-0.05, 0) is 36.6 Å². The second-order valence-electron chi connectivity index (χ2n) is 4.09. The lowest BCUT2D eigenvalue weighted by Gasteiger charge is -2.02. The van der Waals surface area contributed by atoms with E-state index < -0.39 is 0 Å². The van der Waals surface area contributed by atoms with Gasteiger partial charge < -0.3 is 15.8 Å². The topological polar surface area (TPSA) is 64.3 Å². The lowest BCUT2D eigenvalue weighted by molar-refractivity contribution is -0.116. The maximum Gasteiger partial charge on any atom is 0.244 e. The zero-order valence-corrected chi connectivity index (χ0v) is 10.9. The molecule has 0 bridgehead atoms. The SMILES string of the molecule is COCCCNC(=O)/C=C/c1ccc(C)c(N)c1. The molecule has 0 aromatic heterocycles. The third kappa shape index (κ3) is 5.01. The molecular weight excluding hydrogens is 228 g/mol. The molecule has 0 fully saturated rings. The van der Waals surface area contributed by atoms with Crippen LogP contribution in [0.1, 0.15) is 17.5 Å². The molecule has 1 amide bonds. The van der Waals surface area contributed by atoms with Crippen LogP contribution in [0.3, 0.4) is 0 Å². The van der Waals surface area contributed by atoms with Crippen molar-refractivity contribution in [1.82, 2.24) is 5.32 Å². The Bertz CT molecular complexity index is 428. The Morgan fingerprint density at radius 1 is 1.50 bits per heavy atom. The van der Waals surface area contributed by atoms with E-state index in [1.807, 2.05) is 25.1 Å². The zero-order valence-electron chi connectivity index (χ0n) is 10.9. The van der Waals surface area contributed by atoms with Crippen LogP contribution in [-0.2, 0) is 9.53 Å². The van der Waals surface area contributed by atoms with Gasteiger partial charge in [0.25, 0.3) is 0 Å². The Hall–Kier alpha value is -1.81. The summed E-state index contributed by atoms with van der Waals surface area (Å²) in [6.07, 6.45) is 4.08. The van der Waals surface area contributed by atoms with Gasteiger partial charge in [0.05, 0.1) is 0 Å². The molecule has 4 heteroatoms. The minimum atomic E-state index is -0.106. The highest BCUT2D eigenvalue weighted by Crippen LogP contribution is 2.13. The first-order valence-electron chi connectivity index (χ1n) is 5.94. The predicted octanol–water partition coefficient (Wildman–Crippen LogP) is 1.74. The molecule has 0 unspecified atom stereocenters. The van der Waals surface area contributed by atoms with Gasteiger partial charge in [0.2, 0.25) is 5.91 Å². The van der Waals surface area contributed by atoms with Crippen molar-refractivity contribution in [1.29, 1.82) is 0 Å². The van der Waals surface area contributed by atoms with Crippen LogP contribution in [0.15, 0.2) is 24.3 Å². The van der Waals surface area contributed by atoms with E-state index in [9.17, 15) is 4.79 Å². The van der Waals surface area contributed by atoms with Gasteiger partial charge in [-0.3, -0.25) is 4.79 Å². The number of carbonyl (C=O) groups excluding carboxylic acids is 1. The number of nitrogens with one attached hydrogen (secondary N) is 1. The van der Waals surface area contributed by atoms with Gasteiger partial charge in [0, 0.05) is 32.0 Å². The van der Waals surface area contributed by atoms with Crippen LogP contribution in [0.4, 0.5) is 5.69 Å². The highest BCUT2D eigenvalue weighted by molar-refractivity contribution is 5.91. The monoisotopic (exact) mass is 248 g/mol. The number of methoxy groups -OCH3 is 1. The molecule has 0 heterocycles. The molecule has 1 aromatic carbocycles. The summed E-state index contributed by atoms with van der Waals surface area (Å²) in [7, 11) is 1.64. The van der Waals surface area contributed by atoms with Crippen molar-refractivity contribution < 1.29 is 9.53 Å². The number of benzene rings is 1. The number of anilines is 1. The molecule has 0 saturated heterocycles. The molecule has 0 atom stereocenters. The summed E-state index contributed by atoms with van der Waals surface area (Å²) in [6, 6.07) is 5.72.